The molecular formula is C16H14N2. The van der Waals surface area contributed by atoms with Crippen LogP contribution in [0.5, 0.6) is 0 Å². The molecule has 0 aliphatic carbocycles. The fourth-order valence-corrected chi connectivity index (χ4v) is 2.20. The lowest BCUT2D eigenvalue weighted by molar-refractivity contribution is 1.32. The van der Waals surface area contributed by atoms with Crippen molar-refractivity contribution in [2.75, 3.05) is 0 Å². The molecule has 88 valence electrons. The fraction of sp³-hybridized carbons (Fsp3) is 0.125. The molecule has 0 N–H and O–H groups in total. The second kappa shape index (κ2) is 4.22. The van der Waals surface area contributed by atoms with Gasteiger partial charge in [0.05, 0.1) is 11.0 Å². The predicted molar refractivity (Wildman–Crippen MR) is 76.5 cm³/mol. The molecule has 18 heavy (non-hydrogen) atoms. The molecule has 0 fully saturated rings. The van der Waals surface area contributed by atoms with Gasteiger partial charge in [-0.15, -0.1) is 0 Å². The number of pyridine rings is 2. The van der Waals surface area contributed by atoms with Crippen LogP contribution in [0.4, 0.5) is 0 Å². The van der Waals surface area contributed by atoms with E-state index in [-0.39, 0.29) is 0 Å². The minimum absolute atomic E-state index is 0.973. The molecule has 0 amide bonds. The van der Waals surface area contributed by atoms with Gasteiger partial charge in [0.1, 0.15) is 0 Å². The summed E-state index contributed by atoms with van der Waals surface area (Å²) in [5.74, 6) is 0. The lowest BCUT2D eigenvalue weighted by atomic mass is 10.1. The largest absolute Gasteiger partial charge is 0.254 e. The van der Waals surface area contributed by atoms with Crippen LogP contribution in [0.25, 0.3) is 27.9 Å². The quantitative estimate of drug-likeness (QED) is 0.592. The molecule has 0 spiro atoms. The normalized spacial score (nSPS) is 11.7. The SMILES string of the molecule is C/C=C/c1cnc2c(ccc3cc(C)cnc32)c1. The zero-order valence-corrected chi connectivity index (χ0v) is 10.5. The summed E-state index contributed by atoms with van der Waals surface area (Å²) in [5.41, 5.74) is 4.25. The number of nitrogens with zero attached hydrogens (tertiary/aromatic N) is 2. The van der Waals surface area contributed by atoms with Crippen molar-refractivity contribution in [2.45, 2.75) is 13.8 Å². The van der Waals surface area contributed by atoms with Crippen LogP contribution in [0.2, 0.25) is 0 Å². The van der Waals surface area contributed by atoms with Crippen molar-refractivity contribution in [2.24, 2.45) is 0 Å². The number of rotatable bonds is 1. The molecule has 0 aliphatic heterocycles. The first-order valence-electron chi connectivity index (χ1n) is 6.06. The average molecular weight is 234 g/mol. The highest BCUT2D eigenvalue weighted by molar-refractivity contribution is 6.03. The summed E-state index contributed by atoms with van der Waals surface area (Å²) < 4.78 is 0. The van der Waals surface area contributed by atoms with E-state index in [1.807, 2.05) is 25.4 Å². The Labute approximate surface area is 106 Å². The summed E-state index contributed by atoms with van der Waals surface area (Å²) in [7, 11) is 0. The summed E-state index contributed by atoms with van der Waals surface area (Å²) in [6, 6.07) is 8.50. The van der Waals surface area contributed by atoms with Gasteiger partial charge in [-0.2, -0.15) is 0 Å². The smallest absolute Gasteiger partial charge is 0.0964 e. The van der Waals surface area contributed by atoms with Crippen LogP contribution in [0.15, 0.2) is 42.7 Å². The maximum atomic E-state index is 4.54. The van der Waals surface area contributed by atoms with Gasteiger partial charge in [-0.05, 0) is 37.1 Å². The van der Waals surface area contributed by atoms with Crippen molar-refractivity contribution >= 4 is 27.9 Å². The molecule has 2 aromatic heterocycles. The van der Waals surface area contributed by atoms with Gasteiger partial charge in [0.15, 0.2) is 0 Å². The Morgan fingerprint density at radius 1 is 0.944 bits per heavy atom. The monoisotopic (exact) mass is 234 g/mol. The fourth-order valence-electron chi connectivity index (χ4n) is 2.20. The number of benzene rings is 1. The van der Waals surface area contributed by atoms with Crippen LogP contribution in [0, 0.1) is 6.92 Å². The molecule has 0 aliphatic rings. The molecule has 0 saturated carbocycles. The van der Waals surface area contributed by atoms with Crippen LogP contribution in [-0.2, 0) is 0 Å². The zero-order valence-electron chi connectivity index (χ0n) is 10.5. The van der Waals surface area contributed by atoms with Crippen molar-refractivity contribution in [3.05, 3.63) is 53.9 Å². The van der Waals surface area contributed by atoms with E-state index in [2.05, 4.69) is 47.2 Å². The lowest BCUT2D eigenvalue weighted by Gasteiger charge is -2.04. The predicted octanol–water partition coefficient (Wildman–Crippen LogP) is 4.12. The minimum Gasteiger partial charge on any atom is -0.254 e. The van der Waals surface area contributed by atoms with Crippen molar-refractivity contribution in [3.63, 3.8) is 0 Å². The number of hydrogen-bond acceptors (Lipinski definition) is 2. The molecule has 0 atom stereocenters. The highest BCUT2D eigenvalue weighted by Gasteiger charge is 2.03. The number of fused-ring (bicyclic) bond motifs is 3. The van der Waals surface area contributed by atoms with E-state index < -0.39 is 0 Å². The molecule has 2 nitrogen and oxygen atoms in total. The topological polar surface area (TPSA) is 25.8 Å². The molecule has 0 unspecified atom stereocenters. The molecule has 1 aromatic carbocycles. The summed E-state index contributed by atoms with van der Waals surface area (Å²) in [6.07, 6.45) is 7.86. The Balaban J connectivity index is 2.34. The average Bonchev–Trinajstić information content (AvgIpc) is 2.38. The van der Waals surface area contributed by atoms with Crippen LogP contribution >= 0.6 is 0 Å². The Hall–Kier alpha value is -2.22. The first-order chi connectivity index (χ1) is 8.78. The third-order valence-electron chi connectivity index (χ3n) is 3.02. The van der Waals surface area contributed by atoms with Crippen LogP contribution in [0.3, 0.4) is 0 Å². The van der Waals surface area contributed by atoms with E-state index in [4.69, 9.17) is 0 Å². The maximum absolute atomic E-state index is 4.54. The molecule has 0 saturated heterocycles. The van der Waals surface area contributed by atoms with E-state index in [9.17, 15) is 0 Å². The standard InChI is InChI=1S/C16H14N2/c1-3-4-12-8-14-6-5-13-7-11(2)9-17-15(13)16(14)18-10-12/h3-10H,1-2H3/b4-3+. The van der Waals surface area contributed by atoms with Gasteiger partial charge < -0.3 is 0 Å². The van der Waals surface area contributed by atoms with Gasteiger partial charge >= 0.3 is 0 Å². The number of hydrogen-bond donors (Lipinski definition) is 0. The van der Waals surface area contributed by atoms with Gasteiger partial charge in [-0.25, -0.2) is 0 Å². The van der Waals surface area contributed by atoms with E-state index in [1.54, 1.807) is 0 Å². The third kappa shape index (κ3) is 1.76. The Bertz CT molecular complexity index is 757. The lowest BCUT2D eigenvalue weighted by Crippen LogP contribution is -1.87. The molecule has 0 radical (unpaired) electrons. The minimum atomic E-state index is 0.973. The summed E-state index contributed by atoms with van der Waals surface area (Å²) >= 11 is 0. The van der Waals surface area contributed by atoms with Gasteiger partial charge in [0.2, 0.25) is 0 Å². The molecular weight excluding hydrogens is 220 g/mol. The highest BCUT2D eigenvalue weighted by Crippen LogP contribution is 2.23. The number of allylic oxidation sites excluding steroid dienone is 1. The van der Waals surface area contributed by atoms with E-state index >= 15 is 0 Å². The van der Waals surface area contributed by atoms with Gasteiger partial charge in [-0.1, -0.05) is 24.3 Å². The van der Waals surface area contributed by atoms with Crippen molar-refractivity contribution < 1.29 is 0 Å². The van der Waals surface area contributed by atoms with E-state index in [0.29, 0.717) is 0 Å². The Morgan fingerprint density at radius 3 is 2.33 bits per heavy atom. The Kier molecular flexibility index (Phi) is 2.56. The van der Waals surface area contributed by atoms with Crippen molar-refractivity contribution in [3.8, 4) is 0 Å². The molecule has 2 heterocycles. The van der Waals surface area contributed by atoms with Crippen molar-refractivity contribution in [1.29, 1.82) is 0 Å². The van der Waals surface area contributed by atoms with Crippen LogP contribution in [-0.4, -0.2) is 9.97 Å². The third-order valence-corrected chi connectivity index (χ3v) is 3.02. The maximum Gasteiger partial charge on any atom is 0.0964 e. The summed E-state index contributed by atoms with van der Waals surface area (Å²) in [5, 5.41) is 2.28. The Morgan fingerprint density at radius 2 is 1.61 bits per heavy atom. The van der Waals surface area contributed by atoms with Crippen molar-refractivity contribution in [1.82, 2.24) is 9.97 Å². The van der Waals surface area contributed by atoms with E-state index in [0.717, 1.165) is 27.4 Å². The summed E-state index contributed by atoms with van der Waals surface area (Å²) in [6.45, 7) is 4.06. The van der Waals surface area contributed by atoms with E-state index in [1.165, 1.54) is 5.56 Å². The van der Waals surface area contributed by atoms with Crippen LogP contribution in [0.1, 0.15) is 18.1 Å². The van der Waals surface area contributed by atoms with Gasteiger partial charge in [0, 0.05) is 23.2 Å². The molecule has 3 rings (SSSR count). The molecule has 3 aromatic rings. The summed E-state index contributed by atoms with van der Waals surface area (Å²) in [4.78, 5) is 9.05. The number of aryl methyl sites for hydroxylation is 1. The first kappa shape index (κ1) is 10.9. The van der Waals surface area contributed by atoms with Gasteiger partial charge in [0.25, 0.3) is 0 Å². The first-order valence-corrected chi connectivity index (χ1v) is 6.06. The molecule has 2 heteroatoms. The van der Waals surface area contributed by atoms with Gasteiger partial charge in [-0.3, -0.25) is 9.97 Å². The second-order valence-electron chi connectivity index (χ2n) is 4.49. The van der Waals surface area contributed by atoms with Crippen LogP contribution < -0.4 is 0 Å². The molecule has 0 bridgehead atoms. The highest BCUT2D eigenvalue weighted by atomic mass is 14.7. The zero-order chi connectivity index (χ0) is 12.5. The number of aromatic nitrogens is 2. The second-order valence-corrected chi connectivity index (χ2v) is 4.49.